The number of ether oxygens (including phenoxy) is 1. The second-order valence-corrected chi connectivity index (χ2v) is 9.03. The van der Waals surface area contributed by atoms with E-state index in [9.17, 15) is 19.2 Å². The first-order chi connectivity index (χ1) is 18.3. The molecule has 0 atom stereocenters. The Hall–Kier alpha value is -4.43. The Labute approximate surface area is 225 Å². The second-order valence-electron chi connectivity index (χ2n) is 8.65. The molecule has 4 rings (SSSR count). The molecule has 0 saturated carbocycles. The van der Waals surface area contributed by atoms with Gasteiger partial charge in [0, 0.05) is 16.9 Å². The fourth-order valence-corrected chi connectivity index (χ4v) is 4.03. The Morgan fingerprint density at radius 3 is 2.34 bits per heavy atom. The number of nitrogens with one attached hydrogen (secondary N) is 2. The number of imide groups is 1. The lowest BCUT2D eigenvalue weighted by molar-refractivity contribution is -0.120. The molecule has 3 amide bonds. The number of esters is 1. The fraction of sp³-hybridized carbons (Fsp3) is 0.172. The summed E-state index contributed by atoms with van der Waals surface area (Å²) in [4.78, 5) is 51.8. The van der Waals surface area contributed by atoms with Gasteiger partial charge in [0.25, 0.3) is 17.7 Å². The van der Waals surface area contributed by atoms with E-state index < -0.39 is 23.7 Å². The predicted molar refractivity (Wildman–Crippen MR) is 146 cm³/mol. The van der Waals surface area contributed by atoms with Crippen molar-refractivity contribution in [3.05, 3.63) is 100 Å². The predicted octanol–water partition coefficient (Wildman–Crippen LogP) is 5.64. The summed E-state index contributed by atoms with van der Waals surface area (Å²) < 4.78 is 5.19. The van der Waals surface area contributed by atoms with Gasteiger partial charge >= 0.3 is 5.97 Å². The number of halogens is 1. The molecule has 3 aromatic carbocycles. The van der Waals surface area contributed by atoms with Gasteiger partial charge in [-0.1, -0.05) is 49.2 Å². The lowest BCUT2D eigenvalue weighted by Gasteiger charge is -2.17. The highest BCUT2D eigenvalue weighted by molar-refractivity contribution is 6.53. The molecule has 0 spiro atoms. The van der Waals surface area contributed by atoms with Crippen LogP contribution in [0.3, 0.4) is 0 Å². The highest BCUT2D eigenvalue weighted by Crippen LogP contribution is 2.32. The first-order valence-corrected chi connectivity index (χ1v) is 12.5. The van der Waals surface area contributed by atoms with Crippen LogP contribution in [-0.2, 0) is 14.3 Å². The molecule has 194 valence electrons. The number of aryl methyl sites for hydroxylation is 1. The van der Waals surface area contributed by atoms with Crippen molar-refractivity contribution >= 4 is 52.4 Å². The Bertz CT molecular complexity index is 1430. The van der Waals surface area contributed by atoms with E-state index in [0.29, 0.717) is 34.8 Å². The van der Waals surface area contributed by atoms with Gasteiger partial charge in [-0.05, 0) is 67.4 Å². The lowest BCUT2D eigenvalue weighted by Crippen LogP contribution is -2.32. The summed E-state index contributed by atoms with van der Waals surface area (Å²) in [6.07, 6.45) is 1.73. The number of carbonyl (C=O) groups is 4. The third-order valence-electron chi connectivity index (χ3n) is 5.89. The van der Waals surface area contributed by atoms with Crippen LogP contribution in [0.15, 0.2) is 83.5 Å². The highest BCUT2D eigenvalue weighted by Gasteiger charge is 2.39. The second kappa shape index (κ2) is 11.7. The minimum absolute atomic E-state index is 0.0705. The van der Waals surface area contributed by atoms with Crippen molar-refractivity contribution < 1.29 is 23.9 Å². The molecule has 0 bridgehead atoms. The van der Waals surface area contributed by atoms with Gasteiger partial charge in [0.15, 0.2) is 0 Å². The summed E-state index contributed by atoms with van der Waals surface area (Å²) in [7, 11) is 0. The molecule has 0 aliphatic carbocycles. The van der Waals surface area contributed by atoms with Crippen LogP contribution in [0, 0.1) is 6.92 Å². The van der Waals surface area contributed by atoms with E-state index in [2.05, 4.69) is 10.6 Å². The number of nitrogens with zero attached hydrogens (tertiary/aromatic N) is 1. The van der Waals surface area contributed by atoms with Gasteiger partial charge in [0.1, 0.15) is 10.7 Å². The first kappa shape index (κ1) is 26.6. The Balaban J connectivity index is 1.44. The van der Waals surface area contributed by atoms with Gasteiger partial charge in [-0.2, -0.15) is 0 Å². The van der Waals surface area contributed by atoms with Crippen LogP contribution in [0.5, 0.6) is 0 Å². The number of hydrogen-bond acceptors (Lipinski definition) is 6. The number of rotatable bonds is 9. The van der Waals surface area contributed by atoms with Crippen LogP contribution in [0.1, 0.15) is 46.0 Å². The molecule has 0 radical (unpaired) electrons. The number of hydrogen-bond donors (Lipinski definition) is 2. The standard InChI is InChI=1S/C29H26ClN3O5/c1-3-4-16-38-29(37)19-12-14-21(15-13-19)32-26(34)20-9-7-10-22(17-20)31-25-24(30)27(35)33(28(25)36)23-11-6-5-8-18(23)2/h5-15,17,31H,3-4,16H2,1-2H3,(H,32,34). The maximum Gasteiger partial charge on any atom is 0.338 e. The molecular weight excluding hydrogens is 506 g/mol. The molecule has 8 nitrogen and oxygen atoms in total. The zero-order valence-corrected chi connectivity index (χ0v) is 21.7. The van der Waals surface area contributed by atoms with Crippen molar-refractivity contribution in [2.45, 2.75) is 26.7 Å². The topological polar surface area (TPSA) is 105 Å². The quantitative estimate of drug-likeness (QED) is 0.210. The number of unbranched alkanes of at least 4 members (excludes halogenated alkanes) is 1. The summed E-state index contributed by atoms with van der Waals surface area (Å²) in [5.41, 5.74) is 2.73. The van der Waals surface area contributed by atoms with Crippen LogP contribution >= 0.6 is 11.6 Å². The average molecular weight is 532 g/mol. The summed E-state index contributed by atoms with van der Waals surface area (Å²) >= 11 is 6.24. The molecule has 3 aromatic rings. The Morgan fingerprint density at radius 1 is 0.895 bits per heavy atom. The third-order valence-corrected chi connectivity index (χ3v) is 6.24. The summed E-state index contributed by atoms with van der Waals surface area (Å²) in [5.74, 6) is -2.02. The van der Waals surface area contributed by atoms with Gasteiger partial charge in [-0.3, -0.25) is 14.4 Å². The first-order valence-electron chi connectivity index (χ1n) is 12.1. The van der Waals surface area contributed by atoms with E-state index >= 15 is 0 Å². The van der Waals surface area contributed by atoms with Crippen LogP contribution in [0.25, 0.3) is 0 Å². The highest BCUT2D eigenvalue weighted by atomic mass is 35.5. The van der Waals surface area contributed by atoms with E-state index in [1.807, 2.05) is 13.0 Å². The molecule has 0 aromatic heterocycles. The minimum atomic E-state index is -0.625. The van der Waals surface area contributed by atoms with Gasteiger partial charge in [0.05, 0.1) is 17.9 Å². The van der Waals surface area contributed by atoms with Crippen molar-refractivity contribution in [3.8, 4) is 0 Å². The molecule has 9 heteroatoms. The van der Waals surface area contributed by atoms with Gasteiger partial charge in [0.2, 0.25) is 0 Å². The van der Waals surface area contributed by atoms with Gasteiger partial charge in [-0.25, -0.2) is 9.69 Å². The van der Waals surface area contributed by atoms with Crippen molar-refractivity contribution in [3.63, 3.8) is 0 Å². The van der Waals surface area contributed by atoms with Crippen molar-refractivity contribution in [1.29, 1.82) is 0 Å². The smallest absolute Gasteiger partial charge is 0.338 e. The van der Waals surface area contributed by atoms with Crippen LogP contribution < -0.4 is 15.5 Å². The molecule has 1 heterocycles. The fourth-order valence-electron chi connectivity index (χ4n) is 3.81. The van der Waals surface area contributed by atoms with Crippen molar-refractivity contribution in [2.75, 3.05) is 22.1 Å². The van der Waals surface area contributed by atoms with Crippen molar-refractivity contribution in [1.82, 2.24) is 0 Å². The van der Waals surface area contributed by atoms with Crippen LogP contribution in [0.2, 0.25) is 0 Å². The van der Waals surface area contributed by atoms with E-state index in [1.165, 1.54) is 0 Å². The Kier molecular flexibility index (Phi) is 8.23. The van der Waals surface area contributed by atoms with Gasteiger partial charge in [-0.15, -0.1) is 0 Å². The number of amides is 3. The summed E-state index contributed by atoms with van der Waals surface area (Å²) in [5, 5.41) is 5.43. The average Bonchev–Trinajstić information content (AvgIpc) is 3.12. The SMILES string of the molecule is CCCCOC(=O)c1ccc(NC(=O)c2cccc(NC3=C(Cl)C(=O)N(c4ccccc4C)C3=O)c2)cc1. The monoisotopic (exact) mass is 531 g/mol. The van der Waals surface area contributed by atoms with Gasteiger partial charge < -0.3 is 15.4 Å². The molecule has 2 N–H and O–H groups in total. The number of para-hydroxylation sites is 1. The molecular formula is C29H26ClN3O5. The van der Waals surface area contributed by atoms with E-state index in [1.54, 1.807) is 73.7 Å². The summed E-state index contributed by atoms with van der Waals surface area (Å²) in [6, 6.07) is 19.9. The molecule has 0 saturated heterocycles. The van der Waals surface area contributed by atoms with Crippen molar-refractivity contribution in [2.24, 2.45) is 0 Å². The molecule has 1 aliphatic heterocycles. The Morgan fingerprint density at radius 2 is 1.63 bits per heavy atom. The molecule has 0 unspecified atom stereocenters. The summed E-state index contributed by atoms with van der Waals surface area (Å²) in [6.45, 7) is 4.17. The van der Waals surface area contributed by atoms with E-state index in [0.717, 1.165) is 23.3 Å². The number of carbonyl (C=O) groups excluding carboxylic acids is 4. The normalized spacial score (nSPS) is 13.1. The molecule has 0 fully saturated rings. The van der Waals surface area contributed by atoms with E-state index in [4.69, 9.17) is 16.3 Å². The minimum Gasteiger partial charge on any atom is -0.462 e. The number of anilines is 3. The largest absolute Gasteiger partial charge is 0.462 e. The molecule has 38 heavy (non-hydrogen) atoms. The maximum absolute atomic E-state index is 13.1. The van der Waals surface area contributed by atoms with E-state index in [-0.39, 0.29) is 10.7 Å². The molecule has 1 aliphatic rings. The zero-order chi connectivity index (χ0) is 27.2. The maximum atomic E-state index is 13.1. The third kappa shape index (κ3) is 5.76. The lowest BCUT2D eigenvalue weighted by atomic mass is 10.1. The number of benzene rings is 3. The van der Waals surface area contributed by atoms with Crippen LogP contribution in [-0.4, -0.2) is 30.3 Å². The zero-order valence-electron chi connectivity index (χ0n) is 20.9. The van der Waals surface area contributed by atoms with Crippen LogP contribution in [0.4, 0.5) is 17.1 Å².